The van der Waals surface area contributed by atoms with Crippen LogP contribution in [0.2, 0.25) is 0 Å². The molecule has 3 aromatic carbocycles. The second-order valence-corrected chi connectivity index (χ2v) is 8.81. The maximum atomic E-state index is 13.8. The first-order chi connectivity index (χ1) is 17.6. The first kappa shape index (κ1) is 22.0. The Labute approximate surface area is 207 Å². The fourth-order valence-electron chi connectivity index (χ4n) is 5.13. The smallest absolute Gasteiger partial charge is 0.328 e. The highest BCUT2D eigenvalue weighted by molar-refractivity contribution is 5.97. The van der Waals surface area contributed by atoms with E-state index in [1.807, 2.05) is 72.8 Å². The third-order valence-electron chi connectivity index (χ3n) is 6.79. The Morgan fingerprint density at radius 1 is 1.00 bits per heavy atom. The number of carbonyl (C=O) groups is 2. The van der Waals surface area contributed by atoms with Crippen LogP contribution >= 0.6 is 0 Å². The molecule has 4 aromatic rings. The molecule has 1 amide bonds. The molecule has 1 aromatic heterocycles. The van der Waals surface area contributed by atoms with Crippen molar-refractivity contribution in [2.24, 2.45) is 0 Å². The number of benzene rings is 3. The standard InChI is InChI=1S/C29H24N2O5/c1-34-29(33)23-16-21-20-9-5-6-10-22(20)30-27(21)28(19-12-13-24-25(15-19)36-17-35-24)31(23)26(32)14-11-18-7-3-2-4-8-18/h2-15,23,28,30H,16-17H2,1H3/t23-,28-/m1/s1. The molecule has 0 unspecified atom stereocenters. The molecule has 2 atom stereocenters. The number of fused-ring (bicyclic) bond motifs is 4. The van der Waals surface area contributed by atoms with Crippen molar-refractivity contribution in [3.63, 3.8) is 0 Å². The zero-order valence-corrected chi connectivity index (χ0v) is 19.6. The lowest BCUT2D eigenvalue weighted by Gasteiger charge is -2.40. The van der Waals surface area contributed by atoms with Crippen LogP contribution in [-0.4, -0.2) is 41.7 Å². The summed E-state index contributed by atoms with van der Waals surface area (Å²) in [5.41, 5.74) is 4.52. The predicted octanol–water partition coefficient (Wildman–Crippen LogP) is 4.63. The second-order valence-electron chi connectivity index (χ2n) is 8.81. The largest absolute Gasteiger partial charge is 0.467 e. The molecule has 0 fully saturated rings. The van der Waals surface area contributed by atoms with Crippen LogP contribution in [0, 0.1) is 0 Å². The monoisotopic (exact) mass is 480 g/mol. The van der Waals surface area contributed by atoms with Crippen LogP contribution in [0.4, 0.5) is 0 Å². The van der Waals surface area contributed by atoms with Gasteiger partial charge >= 0.3 is 5.97 Å². The maximum Gasteiger partial charge on any atom is 0.328 e. The van der Waals surface area contributed by atoms with E-state index in [0.717, 1.165) is 33.3 Å². The molecule has 0 saturated carbocycles. The van der Waals surface area contributed by atoms with Crippen LogP contribution in [0.5, 0.6) is 11.5 Å². The average molecular weight is 481 g/mol. The van der Waals surface area contributed by atoms with E-state index < -0.39 is 18.1 Å². The predicted molar refractivity (Wildman–Crippen MR) is 135 cm³/mol. The maximum absolute atomic E-state index is 13.8. The summed E-state index contributed by atoms with van der Waals surface area (Å²) in [6, 6.07) is 21.8. The summed E-state index contributed by atoms with van der Waals surface area (Å²) in [7, 11) is 1.35. The van der Waals surface area contributed by atoms with Crippen molar-refractivity contribution in [2.45, 2.75) is 18.5 Å². The lowest BCUT2D eigenvalue weighted by molar-refractivity contribution is -0.153. The van der Waals surface area contributed by atoms with Crippen molar-refractivity contribution in [1.82, 2.24) is 9.88 Å². The van der Waals surface area contributed by atoms with Crippen molar-refractivity contribution >= 4 is 28.9 Å². The number of methoxy groups -OCH3 is 1. The first-order valence-electron chi connectivity index (χ1n) is 11.8. The number of H-pyrrole nitrogens is 1. The summed E-state index contributed by atoms with van der Waals surface area (Å²) < 4.78 is 16.3. The van der Waals surface area contributed by atoms with E-state index >= 15 is 0 Å². The number of rotatable bonds is 4. The number of hydrogen-bond acceptors (Lipinski definition) is 5. The number of aromatic nitrogens is 1. The van der Waals surface area contributed by atoms with Crippen molar-refractivity contribution in [3.05, 3.63) is 101 Å². The molecule has 0 bridgehead atoms. The molecule has 2 aliphatic heterocycles. The molecule has 1 N–H and O–H groups in total. The number of esters is 1. The number of para-hydroxylation sites is 1. The first-order valence-corrected chi connectivity index (χ1v) is 11.8. The highest BCUT2D eigenvalue weighted by atomic mass is 16.7. The van der Waals surface area contributed by atoms with Gasteiger partial charge in [-0.1, -0.05) is 54.6 Å². The number of nitrogens with one attached hydrogen (secondary N) is 1. The zero-order valence-electron chi connectivity index (χ0n) is 19.6. The highest BCUT2D eigenvalue weighted by Crippen LogP contribution is 2.44. The molecule has 7 nitrogen and oxygen atoms in total. The number of nitrogens with zero attached hydrogens (tertiary/aromatic N) is 1. The second kappa shape index (κ2) is 8.92. The molecule has 0 spiro atoms. The van der Waals surface area contributed by atoms with Crippen molar-refractivity contribution in [1.29, 1.82) is 0 Å². The Balaban J connectivity index is 1.52. The topological polar surface area (TPSA) is 80.9 Å². The normalized spacial score (nSPS) is 18.4. The van der Waals surface area contributed by atoms with Crippen LogP contribution in [0.1, 0.15) is 28.4 Å². The quantitative estimate of drug-likeness (QED) is 0.340. The van der Waals surface area contributed by atoms with Crippen molar-refractivity contribution in [3.8, 4) is 11.5 Å². The van der Waals surface area contributed by atoms with E-state index in [9.17, 15) is 9.59 Å². The van der Waals surface area contributed by atoms with Gasteiger partial charge in [-0.3, -0.25) is 4.79 Å². The van der Waals surface area contributed by atoms with Crippen LogP contribution < -0.4 is 9.47 Å². The average Bonchev–Trinajstić information content (AvgIpc) is 3.54. The summed E-state index contributed by atoms with van der Waals surface area (Å²) in [6.45, 7) is 0.147. The van der Waals surface area contributed by atoms with E-state index in [2.05, 4.69) is 4.98 Å². The van der Waals surface area contributed by atoms with E-state index in [1.165, 1.54) is 13.2 Å². The Morgan fingerprint density at radius 3 is 2.61 bits per heavy atom. The number of ether oxygens (including phenoxy) is 3. The van der Waals surface area contributed by atoms with Crippen LogP contribution in [-0.2, 0) is 20.7 Å². The van der Waals surface area contributed by atoms with Crippen molar-refractivity contribution in [2.75, 3.05) is 13.9 Å². The summed E-state index contributed by atoms with van der Waals surface area (Å²) in [6.07, 6.45) is 3.62. The van der Waals surface area contributed by atoms with E-state index in [1.54, 1.807) is 11.0 Å². The fourth-order valence-corrected chi connectivity index (χ4v) is 5.13. The lowest BCUT2D eigenvalue weighted by Crippen LogP contribution is -2.51. The third kappa shape index (κ3) is 3.69. The highest BCUT2D eigenvalue weighted by Gasteiger charge is 2.43. The molecule has 7 heteroatoms. The van der Waals surface area contributed by atoms with Crippen LogP contribution in [0.15, 0.2) is 78.9 Å². The Hall–Kier alpha value is -4.52. The minimum absolute atomic E-state index is 0.147. The number of hydrogen-bond donors (Lipinski definition) is 1. The summed E-state index contributed by atoms with van der Waals surface area (Å²) in [4.78, 5) is 32.0. The van der Waals surface area contributed by atoms with Crippen LogP contribution in [0.3, 0.4) is 0 Å². The molecule has 0 radical (unpaired) electrons. The number of amides is 1. The van der Waals surface area contributed by atoms with Gasteiger partial charge in [-0.15, -0.1) is 0 Å². The number of aromatic amines is 1. The summed E-state index contributed by atoms with van der Waals surface area (Å²) in [5.74, 6) is 0.509. The Kier molecular flexibility index (Phi) is 5.45. The van der Waals surface area contributed by atoms with Crippen LogP contribution in [0.25, 0.3) is 17.0 Å². The van der Waals surface area contributed by atoms with E-state index in [4.69, 9.17) is 14.2 Å². The molecular weight excluding hydrogens is 456 g/mol. The molecular formula is C29H24N2O5. The summed E-state index contributed by atoms with van der Waals surface area (Å²) in [5, 5.41) is 1.03. The molecule has 3 heterocycles. The lowest BCUT2D eigenvalue weighted by atomic mass is 9.87. The minimum atomic E-state index is -0.801. The molecule has 0 aliphatic carbocycles. The molecule has 36 heavy (non-hydrogen) atoms. The fraction of sp³-hybridized carbons (Fsp3) is 0.172. The van der Waals surface area contributed by atoms with Gasteiger partial charge in [-0.05, 0) is 41.0 Å². The van der Waals surface area contributed by atoms with Gasteiger partial charge in [0, 0.05) is 29.1 Å². The van der Waals surface area contributed by atoms with Gasteiger partial charge in [-0.2, -0.15) is 0 Å². The minimum Gasteiger partial charge on any atom is -0.467 e. The van der Waals surface area contributed by atoms with Gasteiger partial charge in [0.2, 0.25) is 12.7 Å². The van der Waals surface area contributed by atoms with Crippen molar-refractivity contribution < 1.29 is 23.8 Å². The molecule has 2 aliphatic rings. The van der Waals surface area contributed by atoms with Gasteiger partial charge in [0.1, 0.15) is 6.04 Å². The molecule has 0 saturated heterocycles. The van der Waals surface area contributed by atoms with Gasteiger partial charge in [0.25, 0.3) is 0 Å². The summed E-state index contributed by atoms with van der Waals surface area (Å²) >= 11 is 0. The molecule has 180 valence electrons. The van der Waals surface area contributed by atoms with E-state index in [0.29, 0.717) is 17.9 Å². The zero-order chi connectivity index (χ0) is 24.6. The Bertz CT molecular complexity index is 1490. The van der Waals surface area contributed by atoms with Gasteiger partial charge in [0.05, 0.1) is 13.2 Å². The van der Waals surface area contributed by atoms with Gasteiger partial charge in [-0.25, -0.2) is 4.79 Å². The number of carbonyl (C=O) groups excluding carboxylic acids is 2. The SMILES string of the molecule is COC(=O)[C@H]1Cc2c([nH]c3ccccc23)[C@@H](c2ccc3c(c2)OCO3)N1C(=O)C=Cc1ccccc1. The van der Waals surface area contributed by atoms with Gasteiger partial charge < -0.3 is 24.1 Å². The third-order valence-corrected chi connectivity index (χ3v) is 6.79. The Morgan fingerprint density at radius 2 is 1.78 bits per heavy atom. The molecule has 6 rings (SSSR count). The van der Waals surface area contributed by atoms with Gasteiger partial charge in [0.15, 0.2) is 11.5 Å². The van der Waals surface area contributed by atoms with E-state index in [-0.39, 0.29) is 12.7 Å².